The molecule has 0 amide bonds. The number of hydrogen-bond donors (Lipinski definition) is 0. The predicted octanol–water partition coefficient (Wildman–Crippen LogP) is 27.0. The van der Waals surface area contributed by atoms with Crippen LogP contribution in [0.4, 0.5) is 11.6 Å². The predicted molar refractivity (Wildman–Crippen MR) is 546 cm³/mol. The minimum atomic E-state index is -2.38. The molecule has 2 aliphatic rings. The summed E-state index contributed by atoms with van der Waals surface area (Å²) in [6.07, 6.45) is 6.17. The van der Waals surface area contributed by atoms with Gasteiger partial charge in [-0.3, -0.25) is 22.8 Å². The Morgan fingerprint density at radius 2 is 0.855 bits per heavy atom. The van der Waals surface area contributed by atoms with Crippen molar-refractivity contribution >= 4 is 122 Å². The fourth-order valence-electron chi connectivity index (χ4n) is 20.5. The number of imidazole rings is 5. The molecule has 0 saturated heterocycles. The summed E-state index contributed by atoms with van der Waals surface area (Å²) >= 11 is 0. The third-order valence-electron chi connectivity index (χ3n) is 27.6. The van der Waals surface area contributed by atoms with Crippen molar-refractivity contribution in [2.45, 2.75) is 78.1 Å². The Kier molecular flexibility index (Phi) is 21.4. The zero-order valence-electron chi connectivity index (χ0n) is 79.3. The van der Waals surface area contributed by atoms with Gasteiger partial charge in [-0.2, -0.15) is 34.5 Å². The van der Waals surface area contributed by atoms with Crippen molar-refractivity contribution < 1.29 is 67.3 Å². The molecule has 10 aromatic heterocycles. The van der Waals surface area contributed by atoms with Crippen molar-refractivity contribution in [3.63, 3.8) is 0 Å². The van der Waals surface area contributed by atoms with E-state index in [0.717, 1.165) is 167 Å². The normalized spacial score (nSPS) is 13.5. The van der Waals surface area contributed by atoms with Crippen molar-refractivity contribution in [3.8, 4) is 78.9 Å². The summed E-state index contributed by atoms with van der Waals surface area (Å²) < 4.78 is 43.4. The number of nitrogens with zero attached hydrogens (tertiary/aromatic N) is 17. The first-order valence-corrected chi connectivity index (χ1v) is 45.7. The summed E-state index contributed by atoms with van der Waals surface area (Å²) in [5.74, 6) is 3.02. The van der Waals surface area contributed by atoms with Crippen molar-refractivity contribution in [2.75, 3.05) is 16.9 Å². The summed E-state index contributed by atoms with van der Waals surface area (Å²) in [5, 5.41) is 15.8. The van der Waals surface area contributed by atoms with Crippen LogP contribution in [0.15, 0.2) is 352 Å². The molecule has 0 bridgehead atoms. The monoisotopic (exact) mass is 2330 g/mol. The van der Waals surface area contributed by atoms with E-state index >= 15 is 0 Å². The molecule has 0 spiro atoms. The Morgan fingerprint density at radius 1 is 0.370 bits per heavy atom. The van der Waals surface area contributed by atoms with Gasteiger partial charge in [0.05, 0.1) is 73.3 Å². The number of anilines is 2. The van der Waals surface area contributed by atoms with E-state index in [1.165, 1.54) is 49.3 Å². The number of aromatic nitrogens is 15. The fourth-order valence-corrected chi connectivity index (χ4v) is 20.5. The summed E-state index contributed by atoms with van der Waals surface area (Å²) in [5.41, 5.74) is 33.1. The van der Waals surface area contributed by atoms with Crippen LogP contribution < -0.4 is 9.91 Å². The van der Waals surface area contributed by atoms with Gasteiger partial charge in [0.25, 0.3) is 0 Å². The molecule has 0 unspecified atom stereocenters. The molecule has 678 valence electrons. The number of pyridine rings is 1. The minimum Gasteiger partial charge on any atom is -0.458 e. The van der Waals surface area contributed by atoms with E-state index in [-0.39, 0.29) is 74.0 Å². The number of rotatable bonds is 12. The number of hydrogen-bond acceptors (Lipinski definition) is 8. The van der Waals surface area contributed by atoms with Crippen molar-refractivity contribution in [3.05, 3.63) is 418 Å². The van der Waals surface area contributed by atoms with Crippen molar-refractivity contribution in [1.29, 1.82) is 0 Å². The van der Waals surface area contributed by atoms with Gasteiger partial charge in [-0.1, -0.05) is 259 Å². The van der Waals surface area contributed by atoms with Crippen LogP contribution in [0, 0.1) is 43.1 Å². The second kappa shape index (κ2) is 34.7. The average molecular weight is 2330 g/mol. The maximum Gasteiger partial charge on any atom is 2.00 e. The van der Waals surface area contributed by atoms with Crippen LogP contribution >= 0.6 is 0 Å². The third kappa shape index (κ3) is 14.1. The van der Waals surface area contributed by atoms with Crippen LogP contribution in [0.5, 0.6) is 0 Å². The second-order valence-electron chi connectivity index (χ2n) is 36.5. The smallest absolute Gasteiger partial charge is 0.458 e. The van der Waals surface area contributed by atoms with E-state index < -0.39 is 6.98 Å². The van der Waals surface area contributed by atoms with Gasteiger partial charge in [0.15, 0.2) is 5.95 Å². The van der Waals surface area contributed by atoms with Crippen LogP contribution in [0.3, 0.4) is 0 Å². The molecule has 25 aromatic rings. The van der Waals surface area contributed by atoms with Gasteiger partial charge in [-0.05, 0) is 153 Å². The van der Waals surface area contributed by atoms with Crippen molar-refractivity contribution in [1.82, 2.24) is 71.2 Å². The molecule has 12 heterocycles. The zero-order chi connectivity index (χ0) is 93.3. The van der Waals surface area contributed by atoms with Crippen molar-refractivity contribution in [2.24, 2.45) is 0 Å². The summed E-state index contributed by atoms with van der Waals surface area (Å²) in [4.78, 5) is 21.5. The molecular formula is C118H88N17Pt3-3. The first kappa shape index (κ1) is 84.9. The molecule has 0 atom stereocenters. The molecule has 138 heavy (non-hydrogen) atoms. The molecule has 0 radical (unpaired) electrons. The van der Waals surface area contributed by atoms with E-state index in [0.29, 0.717) is 23.5 Å². The number of fused-ring (bicyclic) bond motifs is 22. The van der Waals surface area contributed by atoms with E-state index in [4.69, 9.17) is 34.2 Å². The molecule has 15 aromatic carbocycles. The van der Waals surface area contributed by atoms with E-state index in [2.05, 4.69) is 366 Å². The third-order valence-corrected chi connectivity index (χ3v) is 27.6. The maximum atomic E-state index is 8.04. The topological polar surface area (TPSA) is 127 Å². The van der Waals surface area contributed by atoms with Crippen LogP contribution in [-0.4, -0.2) is 78.2 Å². The minimum absolute atomic E-state index is 0. The maximum absolute atomic E-state index is 8.04. The van der Waals surface area contributed by atoms with E-state index in [1.807, 2.05) is 114 Å². The van der Waals surface area contributed by atoms with Crippen LogP contribution in [0.2, 0.25) is 0 Å². The van der Waals surface area contributed by atoms with Crippen LogP contribution in [0.25, 0.3) is 189 Å². The second-order valence-corrected chi connectivity index (χ2v) is 36.5. The van der Waals surface area contributed by atoms with Crippen LogP contribution in [0.1, 0.15) is 93.7 Å². The van der Waals surface area contributed by atoms with Crippen LogP contribution in [-0.2, 0) is 74.0 Å². The SMILES string of the molecule is CC(C)c1cccc(C(C)C)c1-c1cnn(-c2[c-]c(-n3c4[c-]c(-n5c6ccccc6n6c7ccccc7nc56)ccc4c4ccccc43)ccc2)c1.CC1(C)c2ccc(-n3c4[c-]c(-n5c6ccccc6n6c7ccccc7nc56)ccc4c4ccccc43)[c-]c2-n2ncc(-c3ccccc3)c2C1(C)C.[2H]C([2H])([2H])N1[CH-]N(c2[c-]c(-c3cccc(-c4[c-]cccc4)n3)ccc2)c2nc3ccccc3n21.[Pt+2].[Pt+2].[Pt]. The Morgan fingerprint density at radius 3 is 1.45 bits per heavy atom. The van der Waals surface area contributed by atoms with Gasteiger partial charge in [0, 0.05) is 58.9 Å². The van der Waals surface area contributed by atoms with Gasteiger partial charge in [-0.25, -0.2) is 15.0 Å². The molecule has 2 aliphatic heterocycles. The molecule has 27 rings (SSSR count). The molecular weight excluding hydrogens is 2240 g/mol. The first-order valence-electron chi connectivity index (χ1n) is 47.2. The largest absolute Gasteiger partial charge is 2.00 e. The first-order chi connectivity index (χ1) is 67.3. The van der Waals surface area contributed by atoms with Gasteiger partial charge < -0.3 is 33.2 Å². The zero-order valence-corrected chi connectivity index (χ0v) is 83.1. The fraction of sp³-hybridized carbons (Fsp3) is 0.110. The Labute approximate surface area is 845 Å². The Balaban J connectivity index is 0.000000123. The Hall–Kier alpha value is -14.9. The van der Waals surface area contributed by atoms with Gasteiger partial charge in [-0.15, -0.1) is 143 Å². The quantitative estimate of drug-likeness (QED) is 0.111. The van der Waals surface area contributed by atoms with Gasteiger partial charge in [0.2, 0.25) is 11.6 Å². The standard InChI is InChI=1S/C46H34N6.C46H36N6.C26H18N5.3Pt/c1-45(2)35-25-23-30(27-42(35)52-43(46(45,3)4)34(28-47-52)29-14-6-5-7-15-29)49-37-18-10-8-16-32(37)33-24-22-31(26-41(33)49)50-39-20-12-13-21-40(39)51-38-19-11-9-17-36(38)48-44(50)51;1-29(2)35-16-12-17-36(30(3)4)45(35)31-27-47-49(28-31)32-13-11-14-33(25-32)50-40-19-7-5-15-37(40)38-24-23-34(26-44(38)50)51-42-21-9-10-22-43(42)52-41-20-8-6-18-39(41)48-46(51)52;1-29-18-30(26-28-24-13-5-6-16-25(24)31(26)29)21-12-7-11-20(17-21)23-15-8-14-22(27-23)19-9-3-2-4-10-19;;;/h5-25,28H,1-4H3;5-24,27-30H,1-4H3;2-9,11-16,18H,1H3;;;/q2*-2;-3;;2*+2/i;;1D3;;;. The molecule has 0 aliphatic carbocycles. The average Bonchev–Trinajstić information content (AvgIpc) is 1.60. The van der Waals surface area contributed by atoms with E-state index in [1.54, 1.807) is 16.2 Å². The molecule has 0 N–H and O–H groups in total. The molecule has 0 saturated carbocycles. The number of para-hydroxylation sites is 12. The van der Waals surface area contributed by atoms with Gasteiger partial charge in [0.1, 0.15) is 0 Å². The van der Waals surface area contributed by atoms with Gasteiger partial charge >= 0.3 is 42.1 Å². The Bertz CT molecular complexity index is 9170. The molecule has 20 heteroatoms. The van der Waals surface area contributed by atoms with E-state index in [9.17, 15) is 0 Å². The molecule has 17 nitrogen and oxygen atoms in total. The summed E-state index contributed by atoms with van der Waals surface area (Å²) in [6, 6.07) is 137. The summed E-state index contributed by atoms with van der Waals surface area (Å²) in [6.45, 7) is 17.6. The summed E-state index contributed by atoms with van der Waals surface area (Å²) in [7, 11) is 0. The molecule has 0 fully saturated rings. The number of benzene rings is 15.